The van der Waals surface area contributed by atoms with Crippen LogP contribution in [0.15, 0.2) is 24.3 Å². The molecule has 0 aliphatic heterocycles. The summed E-state index contributed by atoms with van der Waals surface area (Å²) in [6.07, 6.45) is 0. The molecular weight excluding hydrogens is 365 g/mol. The quantitative estimate of drug-likeness (QED) is 0.714. The molecule has 0 fully saturated rings. The third kappa shape index (κ3) is 5.01. The summed E-state index contributed by atoms with van der Waals surface area (Å²) in [6.45, 7) is 4.71. The number of rotatable bonds is 6. The van der Waals surface area contributed by atoms with Crippen LogP contribution < -0.4 is 16.4 Å². The Hall–Kier alpha value is -1.96. The van der Waals surface area contributed by atoms with Gasteiger partial charge in [-0.05, 0) is 49.2 Å². The lowest BCUT2D eigenvalue weighted by molar-refractivity contribution is 0.0951. The number of amides is 2. The molecule has 2 rings (SSSR count). The molecule has 1 unspecified atom stereocenters. The number of hydrogen-bond donors (Lipinski definition) is 3. The lowest BCUT2D eigenvalue weighted by Crippen LogP contribution is -2.31. The van der Waals surface area contributed by atoms with Gasteiger partial charge in [-0.1, -0.05) is 18.5 Å². The van der Waals surface area contributed by atoms with Crippen molar-refractivity contribution >= 4 is 39.8 Å². The molecule has 0 radical (unpaired) electrons. The first-order valence-corrected chi connectivity index (χ1v) is 8.86. The molecule has 0 spiro atoms. The van der Waals surface area contributed by atoms with Gasteiger partial charge in [-0.15, -0.1) is 11.3 Å². The molecule has 134 valence electrons. The first-order valence-electron chi connectivity index (χ1n) is 7.67. The van der Waals surface area contributed by atoms with Gasteiger partial charge in [-0.3, -0.25) is 9.59 Å². The summed E-state index contributed by atoms with van der Waals surface area (Å²) in [5.41, 5.74) is 6.45. The van der Waals surface area contributed by atoms with Gasteiger partial charge in [-0.25, -0.2) is 4.39 Å². The molecule has 1 aromatic carbocycles. The maximum atomic E-state index is 13.1. The Morgan fingerprint density at radius 1 is 1.32 bits per heavy atom. The van der Waals surface area contributed by atoms with E-state index in [9.17, 15) is 14.0 Å². The average molecular weight is 384 g/mol. The molecule has 5 nitrogen and oxygen atoms in total. The molecule has 2 amide bonds. The van der Waals surface area contributed by atoms with E-state index in [4.69, 9.17) is 17.3 Å². The molecule has 0 aliphatic carbocycles. The summed E-state index contributed by atoms with van der Waals surface area (Å²) in [7, 11) is 0. The third-order valence-corrected chi connectivity index (χ3v) is 5.01. The zero-order valence-electron chi connectivity index (χ0n) is 13.9. The van der Waals surface area contributed by atoms with E-state index in [2.05, 4.69) is 10.6 Å². The molecule has 0 aliphatic rings. The van der Waals surface area contributed by atoms with Crippen LogP contribution in [0.2, 0.25) is 5.02 Å². The largest absolute Gasteiger partial charge is 0.351 e. The molecule has 0 bridgehead atoms. The van der Waals surface area contributed by atoms with Gasteiger partial charge in [0, 0.05) is 6.54 Å². The molecule has 0 saturated carbocycles. The van der Waals surface area contributed by atoms with Crippen molar-refractivity contribution in [1.29, 1.82) is 0 Å². The van der Waals surface area contributed by atoms with Crippen molar-refractivity contribution < 1.29 is 14.0 Å². The fraction of sp³-hybridized carbons (Fsp3) is 0.294. The Morgan fingerprint density at radius 2 is 2.04 bits per heavy atom. The maximum Gasteiger partial charge on any atom is 0.261 e. The number of thiophene rings is 1. The molecule has 1 heterocycles. The molecule has 0 saturated heterocycles. The van der Waals surface area contributed by atoms with Crippen LogP contribution in [0.1, 0.15) is 32.5 Å². The van der Waals surface area contributed by atoms with Gasteiger partial charge in [0.15, 0.2) is 0 Å². The van der Waals surface area contributed by atoms with Gasteiger partial charge in [0.25, 0.3) is 11.8 Å². The minimum absolute atomic E-state index is 0.0273. The van der Waals surface area contributed by atoms with E-state index < -0.39 is 11.7 Å². The van der Waals surface area contributed by atoms with Crippen LogP contribution in [0, 0.1) is 18.7 Å². The highest BCUT2D eigenvalue weighted by atomic mass is 35.5. The summed E-state index contributed by atoms with van der Waals surface area (Å²) in [4.78, 5) is 25.0. The van der Waals surface area contributed by atoms with E-state index in [1.807, 2.05) is 6.92 Å². The first kappa shape index (κ1) is 19.4. The van der Waals surface area contributed by atoms with Gasteiger partial charge in [0.05, 0.1) is 20.5 Å². The third-order valence-electron chi connectivity index (χ3n) is 3.55. The summed E-state index contributed by atoms with van der Waals surface area (Å²) in [5.74, 6) is -0.999. The highest BCUT2D eigenvalue weighted by Crippen LogP contribution is 2.28. The van der Waals surface area contributed by atoms with Crippen LogP contribution >= 0.6 is 22.9 Å². The molecule has 2 aromatic rings. The van der Waals surface area contributed by atoms with Crippen LogP contribution in [-0.2, 0) is 0 Å². The number of halogens is 2. The standard InChI is InChI=1S/C17H19ClFN3O2S/c1-9(7-20)8-21-17(24)15-10(2)5-14(25-15)22-16(23)12-4-3-11(19)6-13(12)18/h3-6,9H,7-8,20H2,1-2H3,(H,21,24)(H,22,23). The Bertz CT molecular complexity index is 794. The van der Waals surface area contributed by atoms with Gasteiger partial charge in [-0.2, -0.15) is 0 Å². The SMILES string of the molecule is Cc1cc(NC(=O)c2ccc(F)cc2Cl)sc1C(=O)NCC(C)CN. The first-order chi connectivity index (χ1) is 11.8. The summed E-state index contributed by atoms with van der Waals surface area (Å²) >= 11 is 7.06. The van der Waals surface area contributed by atoms with E-state index in [-0.39, 0.29) is 22.4 Å². The van der Waals surface area contributed by atoms with Gasteiger partial charge in [0.2, 0.25) is 0 Å². The van der Waals surface area contributed by atoms with Crippen molar-refractivity contribution in [1.82, 2.24) is 5.32 Å². The molecule has 8 heteroatoms. The lowest BCUT2D eigenvalue weighted by Gasteiger charge is -2.09. The van der Waals surface area contributed by atoms with Gasteiger partial charge >= 0.3 is 0 Å². The van der Waals surface area contributed by atoms with Crippen molar-refractivity contribution in [2.75, 3.05) is 18.4 Å². The van der Waals surface area contributed by atoms with Crippen molar-refractivity contribution in [3.05, 3.63) is 51.1 Å². The number of carbonyl (C=O) groups is 2. The number of anilines is 1. The van der Waals surface area contributed by atoms with E-state index in [1.54, 1.807) is 13.0 Å². The predicted molar refractivity (Wildman–Crippen MR) is 99.0 cm³/mol. The van der Waals surface area contributed by atoms with E-state index >= 15 is 0 Å². The summed E-state index contributed by atoms with van der Waals surface area (Å²) in [5, 5.41) is 6.04. The zero-order valence-corrected chi connectivity index (χ0v) is 15.4. The number of carbonyl (C=O) groups excluding carboxylic acids is 2. The highest BCUT2D eigenvalue weighted by molar-refractivity contribution is 7.18. The highest BCUT2D eigenvalue weighted by Gasteiger charge is 2.17. The Balaban J connectivity index is 2.09. The van der Waals surface area contributed by atoms with E-state index in [0.717, 1.165) is 17.7 Å². The Morgan fingerprint density at radius 3 is 2.68 bits per heavy atom. The molecule has 1 atom stereocenters. The second kappa shape index (κ2) is 8.42. The van der Waals surface area contributed by atoms with Crippen molar-refractivity contribution in [3.63, 3.8) is 0 Å². The Labute approximate surface area is 154 Å². The van der Waals surface area contributed by atoms with E-state index in [1.165, 1.54) is 17.4 Å². The second-order valence-corrected chi connectivity index (χ2v) is 7.21. The van der Waals surface area contributed by atoms with Gasteiger partial charge < -0.3 is 16.4 Å². The predicted octanol–water partition coefficient (Wildman–Crippen LogP) is 3.43. The van der Waals surface area contributed by atoms with Crippen LogP contribution in [0.4, 0.5) is 9.39 Å². The van der Waals surface area contributed by atoms with Crippen LogP contribution in [0.5, 0.6) is 0 Å². The number of nitrogens with one attached hydrogen (secondary N) is 2. The number of aryl methyl sites for hydroxylation is 1. The van der Waals surface area contributed by atoms with E-state index in [0.29, 0.717) is 23.0 Å². The maximum absolute atomic E-state index is 13.1. The number of benzene rings is 1. The second-order valence-electron chi connectivity index (χ2n) is 5.75. The number of hydrogen-bond acceptors (Lipinski definition) is 4. The average Bonchev–Trinajstić information content (AvgIpc) is 2.92. The van der Waals surface area contributed by atoms with Crippen molar-refractivity contribution in [3.8, 4) is 0 Å². The summed E-state index contributed by atoms with van der Waals surface area (Å²) in [6, 6.07) is 5.27. The normalized spacial score (nSPS) is 11.9. The molecule has 4 N–H and O–H groups in total. The van der Waals surface area contributed by atoms with Crippen LogP contribution in [0.3, 0.4) is 0 Å². The van der Waals surface area contributed by atoms with Crippen molar-refractivity contribution in [2.45, 2.75) is 13.8 Å². The fourth-order valence-corrected chi connectivity index (χ4v) is 3.29. The topological polar surface area (TPSA) is 84.2 Å². The molecular formula is C17H19ClFN3O2S. The monoisotopic (exact) mass is 383 g/mol. The molecule has 25 heavy (non-hydrogen) atoms. The minimum atomic E-state index is -0.515. The zero-order chi connectivity index (χ0) is 18.6. The summed E-state index contributed by atoms with van der Waals surface area (Å²) < 4.78 is 13.1. The van der Waals surface area contributed by atoms with Crippen molar-refractivity contribution in [2.24, 2.45) is 11.7 Å². The number of nitrogens with two attached hydrogens (primary N) is 1. The fourth-order valence-electron chi connectivity index (χ4n) is 2.05. The lowest BCUT2D eigenvalue weighted by atomic mass is 10.2. The smallest absolute Gasteiger partial charge is 0.261 e. The molecule has 1 aromatic heterocycles. The van der Waals surface area contributed by atoms with Gasteiger partial charge in [0.1, 0.15) is 5.82 Å². The minimum Gasteiger partial charge on any atom is -0.351 e. The van der Waals surface area contributed by atoms with Crippen LogP contribution in [-0.4, -0.2) is 24.9 Å². The Kier molecular flexibility index (Phi) is 6.52. The van der Waals surface area contributed by atoms with Crippen LogP contribution in [0.25, 0.3) is 0 Å².